The topological polar surface area (TPSA) is 147 Å². The third-order valence-corrected chi connectivity index (χ3v) is 13.9. The minimum absolute atomic E-state index is 0.0453. The van der Waals surface area contributed by atoms with E-state index in [1.54, 1.807) is 53.4 Å². The number of urea groups is 1. The number of nitrogens with one attached hydrogen (secondary N) is 2. The third kappa shape index (κ3) is 8.65. The lowest BCUT2D eigenvalue weighted by Gasteiger charge is -2.52. The summed E-state index contributed by atoms with van der Waals surface area (Å²) in [5.74, 6) is -2.75. The second-order valence-corrected chi connectivity index (χ2v) is 18.3. The van der Waals surface area contributed by atoms with E-state index in [1.165, 1.54) is 16.7 Å². The Morgan fingerprint density at radius 1 is 0.734 bits per heavy atom. The van der Waals surface area contributed by atoms with Crippen LogP contribution >= 0.6 is 24.0 Å². The van der Waals surface area contributed by atoms with Crippen molar-refractivity contribution in [3.05, 3.63) is 162 Å². The fourth-order valence-electron chi connectivity index (χ4n) is 8.07. The van der Waals surface area contributed by atoms with Gasteiger partial charge in [0.15, 0.2) is 11.5 Å². The molecule has 328 valence electrons. The highest BCUT2D eigenvalue weighted by Gasteiger charge is 2.72. The van der Waals surface area contributed by atoms with Crippen LogP contribution in [-0.2, 0) is 43.7 Å². The standard InChI is InChI=1S/C49H47N5O8S2/c1-32-44(63)54-45(32)64-48(2,3)49(54,46(58)62-31-35-20-12-6-13-21-35)51-41(55)40(36-22-14-7-15-23-36)50-47(59)53-27-26-52(42(56)43(53)57)37-24-25-38(60-29-33-16-8-4-9-17-33)39(28-37)61-30-34-18-10-5-11-19-34/h4-25,28,32,40,45H,26-27,29-31H2,1-3H3,(H,50,59)(H,51,55)/t32-,40?,45+,49-/m0/s1. The molecule has 0 aromatic heterocycles. The van der Waals surface area contributed by atoms with Crippen molar-refractivity contribution in [2.45, 2.75) is 62.4 Å². The molecule has 8 rings (SSSR count). The van der Waals surface area contributed by atoms with Crippen LogP contribution in [0.1, 0.15) is 49.1 Å². The number of thioether (sulfide) groups is 1. The van der Waals surface area contributed by atoms with E-state index < -0.39 is 46.2 Å². The van der Waals surface area contributed by atoms with E-state index in [2.05, 4.69) is 10.6 Å². The molecular weight excluding hydrogens is 851 g/mol. The number of hydrogen-bond donors (Lipinski definition) is 2. The fourth-order valence-corrected chi connectivity index (χ4v) is 10.3. The molecule has 0 aliphatic carbocycles. The van der Waals surface area contributed by atoms with E-state index in [1.807, 2.05) is 112 Å². The molecule has 3 aliphatic rings. The van der Waals surface area contributed by atoms with Crippen molar-refractivity contribution in [1.29, 1.82) is 0 Å². The number of imide groups is 1. The summed E-state index contributed by atoms with van der Waals surface area (Å²) < 4.78 is 17.3. The van der Waals surface area contributed by atoms with Crippen LogP contribution in [0, 0.1) is 5.92 Å². The van der Waals surface area contributed by atoms with E-state index in [0.717, 1.165) is 21.6 Å². The number of carbonyl (C=O) groups is 5. The normalized spacial score (nSPS) is 20.4. The first-order valence-corrected chi connectivity index (χ1v) is 22.2. The van der Waals surface area contributed by atoms with E-state index in [-0.39, 0.29) is 44.2 Å². The van der Waals surface area contributed by atoms with Crippen LogP contribution in [0.5, 0.6) is 11.5 Å². The first kappa shape index (κ1) is 43.9. The Labute approximate surface area is 381 Å². The number of benzene rings is 5. The van der Waals surface area contributed by atoms with Gasteiger partial charge in [0.25, 0.3) is 0 Å². The smallest absolute Gasteiger partial charge is 0.355 e. The van der Waals surface area contributed by atoms with Crippen LogP contribution in [0.4, 0.5) is 10.5 Å². The summed E-state index contributed by atoms with van der Waals surface area (Å²) in [6.07, 6.45) is 0. The molecule has 2 N–H and O–H groups in total. The van der Waals surface area contributed by atoms with Crippen LogP contribution in [-0.4, -0.2) is 73.4 Å². The number of carbonyl (C=O) groups excluding carboxylic acids is 5. The van der Waals surface area contributed by atoms with Gasteiger partial charge in [-0.2, -0.15) is 0 Å². The molecule has 0 saturated carbocycles. The van der Waals surface area contributed by atoms with Gasteiger partial charge in [0.2, 0.25) is 11.6 Å². The highest BCUT2D eigenvalue weighted by molar-refractivity contribution is 8.02. The fraction of sp³-hybridized carbons (Fsp3) is 0.265. The van der Waals surface area contributed by atoms with Gasteiger partial charge in [0.05, 0.1) is 15.1 Å². The molecule has 3 aliphatic heterocycles. The SMILES string of the molecule is C[C@H]1C(=S)N2[C@@H]1SC(C)(C)[C@]2(NC(=O)C(NC(=O)N1CCN(c2ccc(OCc3ccccc3)c(OCc3ccccc3)c2)C(=O)C1=O)c1ccccc1)C(=O)OCc1ccccc1. The number of ether oxygens (including phenoxy) is 3. The van der Waals surface area contributed by atoms with Crippen LogP contribution in [0.15, 0.2) is 140 Å². The maximum absolute atomic E-state index is 14.8. The number of rotatable bonds is 14. The summed E-state index contributed by atoms with van der Waals surface area (Å²) >= 11 is 7.30. The van der Waals surface area contributed by atoms with Gasteiger partial charge in [-0.15, -0.1) is 11.8 Å². The van der Waals surface area contributed by atoms with Crippen molar-refractivity contribution in [2.75, 3.05) is 18.0 Å². The van der Waals surface area contributed by atoms with Gasteiger partial charge in [-0.05, 0) is 48.2 Å². The molecule has 5 aromatic rings. The molecule has 3 heterocycles. The maximum atomic E-state index is 14.8. The number of piperazine rings is 1. The zero-order chi connectivity index (χ0) is 45.0. The minimum Gasteiger partial charge on any atom is -0.485 e. The molecule has 0 spiro atoms. The average molecular weight is 898 g/mol. The lowest BCUT2D eigenvalue weighted by Crippen LogP contribution is -2.77. The first-order valence-electron chi connectivity index (χ1n) is 20.9. The van der Waals surface area contributed by atoms with E-state index >= 15 is 0 Å². The van der Waals surface area contributed by atoms with Crippen molar-refractivity contribution in [3.8, 4) is 11.5 Å². The monoisotopic (exact) mass is 897 g/mol. The minimum atomic E-state index is -1.77. The Hall–Kier alpha value is -6.71. The molecule has 3 fully saturated rings. The lowest BCUT2D eigenvalue weighted by molar-refractivity contribution is -0.165. The molecule has 0 radical (unpaired) electrons. The van der Waals surface area contributed by atoms with Crippen molar-refractivity contribution < 1.29 is 38.2 Å². The van der Waals surface area contributed by atoms with Gasteiger partial charge in [-0.1, -0.05) is 140 Å². The Morgan fingerprint density at radius 2 is 1.28 bits per heavy atom. The van der Waals surface area contributed by atoms with Crippen molar-refractivity contribution in [2.24, 2.45) is 5.92 Å². The number of esters is 1. The zero-order valence-corrected chi connectivity index (χ0v) is 37.1. The molecule has 5 aromatic carbocycles. The number of nitrogens with zero attached hydrogens (tertiary/aromatic N) is 3. The number of hydrogen-bond acceptors (Lipinski definition) is 10. The first-order chi connectivity index (χ1) is 30.9. The van der Waals surface area contributed by atoms with E-state index in [4.69, 9.17) is 26.4 Å². The Bertz CT molecular complexity index is 2550. The summed E-state index contributed by atoms with van der Waals surface area (Å²) in [6.45, 7) is 5.88. The quantitative estimate of drug-likeness (QED) is 0.0666. The average Bonchev–Trinajstić information content (AvgIpc) is 3.54. The molecule has 13 nitrogen and oxygen atoms in total. The highest BCUT2D eigenvalue weighted by atomic mass is 32.2. The van der Waals surface area contributed by atoms with E-state index in [9.17, 15) is 24.0 Å². The van der Waals surface area contributed by atoms with Gasteiger partial charge >= 0.3 is 23.8 Å². The Kier molecular flexibility index (Phi) is 12.7. The number of fused-ring (bicyclic) bond motifs is 1. The van der Waals surface area contributed by atoms with Crippen LogP contribution in [0.2, 0.25) is 0 Å². The van der Waals surface area contributed by atoms with Crippen LogP contribution in [0.25, 0.3) is 0 Å². The Morgan fingerprint density at radius 3 is 1.88 bits per heavy atom. The van der Waals surface area contributed by atoms with Gasteiger partial charge < -0.3 is 34.6 Å². The lowest BCUT2D eigenvalue weighted by atomic mass is 9.86. The molecular formula is C49H47N5O8S2. The second kappa shape index (κ2) is 18.6. The van der Waals surface area contributed by atoms with Crippen LogP contribution < -0.4 is 25.0 Å². The summed E-state index contributed by atoms with van der Waals surface area (Å²) in [4.78, 5) is 75.3. The predicted molar refractivity (Wildman–Crippen MR) is 246 cm³/mol. The third-order valence-electron chi connectivity index (χ3n) is 11.6. The molecule has 1 unspecified atom stereocenters. The van der Waals surface area contributed by atoms with Crippen molar-refractivity contribution >= 4 is 64.4 Å². The maximum Gasteiger partial charge on any atom is 0.355 e. The predicted octanol–water partition coefficient (Wildman–Crippen LogP) is 7.16. The molecule has 64 heavy (non-hydrogen) atoms. The molecule has 5 amide bonds. The molecule has 0 bridgehead atoms. The van der Waals surface area contributed by atoms with Crippen molar-refractivity contribution in [1.82, 2.24) is 20.4 Å². The van der Waals surface area contributed by atoms with Gasteiger partial charge in [-0.25, -0.2) is 9.59 Å². The van der Waals surface area contributed by atoms with Crippen molar-refractivity contribution in [3.63, 3.8) is 0 Å². The van der Waals surface area contributed by atoms with Gasteiger partial charge in [0.1, 0.15) is 25.9 Å². The summed E-state index contributed by atoms with van der Waals surface area (Å²) in [6, 6.07) is 39.5. The summed E-state index contributed by atoms with van der Waals surface area (Å²) in [5.41, 5.74) is 1.60. The zero-order valence-electron chi connectivity index (χ0n) is 35.5. The number of amides is 5. The Balaban J connectivity index is 1.01. The molecule has 4 atom stereocenters. The van der Waals surface area contributed by atoms with E-state index in [0.29, 0.717) is 27.7 Å². The molecule has 15 heteroatoms. The largest absolute Gasteiger partial charge is 0.485 e. The highest BCUT2D eigenvalue weighted by Crippen LogP contribution is 2.58. The summed E-state index contributed by atoms with van der Waals surface area (Å²) in [5, 5.41) is 5.47. The number of anilines is 1. The van der Waals surface area contributed by atoms with Gasteiger partial charge in [0, 0.05) is 30.8 Å². The molecule has 3 saturated heterocycles. The van der Waals surface area contributed by atoms with Gasteiger partial charge in [-0.3, -0.25) is 19.3 Å². The second-order valence-electron chi connectivity index (χ2n) is 16.2. The van der Waals surface area contributed by atoms with Crippen LogP contribution in [0.3, 0.4) is 0 Å². The summed E-state index contributed by atoms with van der Waals surface area (Å²) in [7, 11) is 0. The number of thiocarbonyl (C=S) groups is 1.